The highest BCUT2D eigenvalue weighted by Crippen LogP contribution is 2.44. The number of hydrogen-bond donors (Lipinski definition) is 2. The summed E-state index contributed by atoms with van der Waals surface area (Å²) in [5.74, 6) is -1.16. The van der Waals surface area contributed by atoms with Gasteiger partial charge in [0.25, 0.3) is 0 Å². The standard InChI is InChI=1S/C22H16ClNO4/c23-20-11-13(9-10-18(20)21(25)26)24-22(27)28-12-19-16-7-3-1-5-14(16)15-6-2-4-8-17(15)19/h1-11,19H,12H2,(H,24,27)(H,25,26). The molecule has 3 aromatic carbocycles. The number of halogens is 1. The Bertz CT molecular complexity index is 1030. The zero-order chi connectivity index (χ0) is 19.7. The fourth-order valence-corrected chi connectivity index (χ4v) is 3.78. The van der Waals surface area contributed by atoms with Gasteiger partial charge in [-0.1, -0.05) is 60.1 Å². The summed E-state index contributed by atoms with van der Waals surface area (Å²) in [5.41, 5.74) is 4.91. The van der Waals surface area contributed by atoms with Crippen LogP contribution in [0, 0.1) is 0 Å². The maximum absolute atomic E-state index is 12.2. The Labute approximate surface area is 166 Å². The van der Waals surface area contributed by atoms with Crippen molar-refractivity contribution in [2.24, 2.45) is 0 Å². The zero-order valence-electron chi connectivity index (χ0n) is 14.7. The van der Waals surface area contributed by atoms with Crippen molar-refractivity contribution in [2.45, 2.75) is 5.92 Å². The number of aromatic carboxylic acids is 1. The van der Waals surface area contributed by atoms with Crippen molar-refractivity contribution < 1.29 is 19.4 Å². The maximum Gasteiger partial charge on any atom is 0.411 e. The van der Waals surface area contributed by atoms with E-state index in [-0.39, 0.29) is 23.1 Å². The van der Waals surface area contributed by atoms with Crippen LogP contribution in [-0.4, -0.2) is 23.8 Å². The van der Waals surface area contributed by atoms with E-state index in [0.717, 1.165) is 22.3 Å². The van der Waals surface area contributed by atoms with Crippen molar-refractivity contribution in [1.82, 2.24) is 0 Å². The molecule has 0 bridgehead atoms. The Morgan fingerprint density at radius 2 is 1.57 bits per heavy atom. The van der Waals surface area contributed by atoms with Gasteiger partial charge in [0.2, 0.25) is 0 Å². The van der Waals surface area contributed by atoms with Crippen LogP contribution >= 0.6 is 11.6 Å². The second kappa shape index (κ2) is 7.37. The highest BCUT2D eigenvalue weighted by Gasteiger charge is 2.29. The van der Waals surface area contributed by atoms with Crippen molar-refractivity contribution >= 4 is 29.4 Å². The summed E-state index contributed by atoms with van der Waals surface area (Å²) < 4.78 is 5.45. The summed E-state index contributed by atoms with van der Waals surface area (Å²) in [4.78, 5) is 23.2. The smallest absolute Gasteiger partial charge is 0.411 e. The molecule has 0 atom stereocenters. The van der Waals surface area contributed by atoms with Gasteiger partial charge in [-0.05, 0) is 40.5 Å². The third-order valence-corrected chi connectivity index (χ3v) is 5.10. The normalized spacial score (nSPS) is 12.2. The van der Waals surface area contributed by atoms with Gasteiger partial charge in [-0.15, -0.1) is 0 Å². The Morgan fingerprint density at radius 1 is 0.964 bits per heavy atom. The number of hydrogen-bond acceptors (Lipinski definition) is 3. The largest absolute Gasteiger partial charge is 0.478 e. The van der Waals surface area contributed by atoms with E-state index in [9.17, 15) is 9.59 Å². The van der Waals surface area contributed by atoms with E-state index >= 15 is 0 Å². The lowest BCUT2D eigenvalue weighted by molar-refractivity contribution is 0.0697. The third-order valence-electron chi connectivity index (χ3n) is 4.79. The van der Waals surface area contributed by atoms with E-state index in [4.69, 9.17) is 21.4 Å². The van der Waals surface area contributed by atoms with Gasteiger partial charge >= 0.3 is 12.1 Å². The number of carboxylic acid groups (broad SMARTS) is 1. The van der Waals surface area contributed by atoms with E-state index in [1.807, 2.05) is 36.4 Å². The van der Waals surface area contributed by atoms with Crippen LogP contribution in [0.5, 0.6) is 0 Å². The van der Waals surface area contributed by atoms with E-state index in [1.165, 1.54) is 18.2 Å². The van der Waals surface area contributed by atoms with Crippen LogP contribution in [0.3, 0.4) is 0 Å². The van der Waals surface area contributed by atoms with Gasteiger partial charge in [-0.2, -0.15) is 0 Å². The first kappa shape index (κ1) is 18.1. The molecule has 0 aromatic heterocycles. The number of nitrogens with one attached hydrogen (secondary N) is 1. The van der Waals surface area contributed by atoms with Crippen molar-refractivity contribution in [2.75, 3.05) is 11.9 Å². The Hall–Kier alpha value is -3.31. The van der Waals surface area contributed by atoms with Crippen LogP contribution in [0.1, 0.15) is 27.4 Å². The van der Waals surface area contributed by atoms with Crippen molar-refractivity contribution in [3.63, 3.8) is 0 Å². The van der Waals surface area contributed by atoms with E-state index in [0.29, 0.717) is 5.69 Å². The SMILES string of the molecule is O=C(Nc1ccc(C(=O)O)c(Cl)c1)OCC1c2ccccc2-c2ccccc21. The molecule has 140 valence electrons. The molecular formula is C22H16ClNO4. The maximum atomic E-state index is 12.2. The van der Waals surface area contributed by atoms with E-state index in [1.54, 1.807) is 0 Å². The van der Waals surface area contributed by atoms with Crippen LogP contribution < -0.4 is 5.32 Å². The lowest BCUT2D eigenvalue weighted by atomic mass is 9.98. The zero-order valence-corrected chi connectivity index (χ0v) is 15.4. The van der Waals surface area contributed by atoms with Crippen molar-refractivity contribution in [3.8, 4) is 11.1 Å². The summed E-state index contributed by atoms with van der Waals surface area (Å²) >= 11 is 5.93. The molecular weight excluding hydrogens is 378 g/mol. The monoisotopic (exact) mass is 393 g/mol. The highest BCUT2D eigenvalue weighted by atomic mass is 35.5. The summed E-state index contributed by atoms with van der Waals surface area (Å²) in [6.45, 7) is 0.195. The lowest BCUT2D eigenvalue weighted by Gasteiger charge is -2.14. The number of rotatable bonds is 4. The molecule has 2 N–H and O–H groups in total. The minimum absolute atomic E-state index is 0.0280. The summed E-state index contributed by atoms with van der Waals surface area (Å²) in [6.07, 6.45) is -0.624. The Balaban J connectivity index is 1.47. The molecule has 0 aliphatic heterocycles. The van der Waals surface area contributed by atoms with E-state index in [2.05, 4.69) is 17.4 Å². The number of ether oxygens (including phenoxy) is 1. The third kappa shape index (κ3) is 3.32. The summed E-state index contributed by atoms with van der Waals surface area (Å²) in [5, 5.41) is 11.6. The predicted octanol–water partition coefficient (Wildman–Crippen LogP) is 5.40. The first-order chi connectivity index (χ1) is 13.5. The van der Waals surface area contributed by atoms with Gasteiger partial charge in [0.1, 0.15) is 6.61 Å². The molecule has 3 aromatic rings. The van der Waals surface area contributed by atoms with Crippen molar-refractivity contribution in [3.05, 3.63) is 88.4 Å². The molecule has 1 amide bonds. The fraction of sp³-hybridized carbons (Fsp3) is 0.0909. The highest BCUT2D eigenvalue weighted by molar-refractivity contribution is 6.33. The molecule has 0 unspecified atom stereocenters. The number of carbonyl (C=O) groups is 2. The quantitative estimate of drug-likeness (QED) is 0.622. The van der Waals surface area contributed by atoms with Gasteiger partial charge in [0.05, 0.1) is 10.6 Å². The number of carbonyl (C=O) groups excluding carboxylic acids is 1. The molecule has 0 radical (unpaired) electrons. The number of fused-ring (bicyclic) bond motifs is 3. The van der Waals surface area contributed by atoms with Gasteiger partial charge in [-0.3, -0.25) is 5.32 Å². The van der Waals surface area contributed by atoms with Crippen LogP contribution in [0.4, 0.5) is 10.5 Å². The van der Waals surface area contributed by atoms with Gasteiger partial charge < -0.3 is 9.84 Å². The molecule has 28 heavy (non-hydrogen) atoms. The van der Waals surface area contributed by atoms with Crippen LogP contribution in [0.2, 0.25) is 5.02 Å². The van der Waals surface area contributed by atoms with Gasteiger partial charge in [-0.25, -0.2) is 9.59 Å². The van der Waals surface area contributed by atoms with Gasteiger partial charge in [0, 0.05) is 11.6 Å². The topological polar surface area (TPSA) is 75.6 Å². The van der Waals surface area contributed by atoms with Crippen LogP contribution in [0.15, 0.2) is 66.7 Å². The molecule has 0 saturated carbocycles. The number of amides is 1. The molecule has 0 heterocycles. The summed E-state index contributed by atoms with van der Waals surface area (Å²) in [6, 6.07) is 20.4. The van der Waals surface area contributed by atoms with Crippen LogP contribution in [0.25, 0.3) is 11.1 Å². The minimum atomic E-state index is -1.13. The van der Waals surface area contributed by atoms with Crippen LogP contribution in [-0.2, 0) is 4.74 Å². The average molecular weight is 394 g/mol. The molecule has 1 aliphatic rings. The Kier molecular flexibility index (Phi) is 4.75. The minimum Gasteiger partial charge on any atom is -0.478 e. The molecule has 0 spiro atoms. The molecule has 1 aliphatic carbocycles. The Morgan fingerprint density at radius 3 is 2.14 bits per heavy atom. The molecule has 0 fully saturated rings. The number of benzene rings is 3. The molecule has 5 nitrogen and oxygen atoms in total. The second-order valence-electron chi connectivity index (χ2n) is 6.45. The number of carboxylic acids is 1. The summed E-state index contributed by atoms with van der Waals surface area (Å²) in [7, 11) is 0. The molecule has 6 heteroatoms. The van der Waals surface area contributed by atoms with E-state index < -0.39 is 12.1 Å². The first-order valence-electron chi connectivity index (χ1n) is 8.69. The predicted molar refractivity (Wildman–Crippen MR) is 107 cm³/mol. The number of anilines is 1. The second-order valence-corrected chi connectivity index (χ2v) is 6.86. The first-order valence-corrected chi connectivity index (χ1v) is 9.07. The lowest BCUT2D eigenvalue weighted by Crippen LogP contribution is -2.18. The molecule has 0 saturated heterocycles. The average Bonchev–Trinajstić information content (AvgIpc) is 3.00. The van der Waals surface area contributed by atoms with Crippen molar-refractivity contribution in [1.29, 1.82) is 0 Å². The van der Waals surface area contributed by atoms with Gasteiger partial charge in [0.15, 0.2) is 0 Å². The fourth-order valence-electron chi connectivity index (χ4n) is 3.52. The molecule has 4 rings (SSSR count).